The number of rotatable bonds is 5. The molecule has 0 unspecified atom stereocenters. The van der Waals surface area contributed by atoms with E-state index in [1.165, 1.54) is 12.8 Å². The molecule has 2 aliphatic rings. The quantitative estimate of drug-likeness (QED) is 0.841. The van der Waals surface area contributed by atoms with Gasteiger partial charge >= 0.3 is 5.97 Å². The number of esters is 1. The normalized spacial score (nSPS) is 31.1. The van der Waals surface area contributed by atoms with E-state index in [1.54, 1.807) is 0 Å². The van der Waals surface area contributed by atoms with Gasteiger partial charge in [-0.15, -0.1) is 0 Å². The largest absolute Gasteiger partial charge is 0.462 e. The Bertz CT molecular complexity index is 511. The molecule has 2 fully saturated rings. The van der Waals surface area contributed by atoms with Crippen molar-refractivity contribution in [1.29, 1.82) is 0 Å². The minimum atomic E-state index is -0.559. The number of hydrogen-bond donors (Lipinski definition) is 1. The van der Waals surface area contributed by atoms with E-state index >= 15 is 0 Å². The first-order valence-electron chi connectivity index (χ1n) is 8.96. The first-order valence-corrected chi connectivity index (χ1v) is 8.96. The van der Waals surface area contributed by atoms with E-state index in [-0.39, 0.29) is 18.7 Å². The summed E-state index contributed by atoms with van der Waals surface area (Å²) in [7, 11) is 0. The maximum atomic E-state index is 12.5. The van der Waals surface area contributed by atoms with Crippen molar-refractivity contribution in [2.24, 2.45) is 23.7 Å². The SMILES string of the molecule is CC(C)C1[C@@H]2CC[C@@H]1CC(OC(=O)[C@@H](CO)c1ccccc1)C2. The number of carbonyl (C=O) groups excluding carboxylic acids is 1. The second-order valence-corrected chi connectivity index (χ2v) is 7.60. The van der Waals surface area contributed by atoms with E-state index < -0.39 is 5.92 Å². The molecule has 3 rings (SSSR count). The summed E-state index contributed by atoms with van der Waals surface area (Å²) in [6.45, 7) is 4.44. The first kappa shape index (κ1) is 16.5. The lowest BCUT2D eigenvalue weighted by atomic mass is 9.72. The van der Waals surface area contributed by atoms with Crippen molar-refractivity contribution in [2.45, 2.75) is 51.6 Å². The van der Waals surface area contributed by atoms with Gasteiger partial charge in [-0.3, -0.25) is 4.79 Å². The van der Waals surface area contributed by atoms with Crippen LogP contribution in [-0.2, 0) is 9.53 Å². The van der Waals surface area contributed by atoms with E-state index in [0.29, 0.717) is 11.8 Å². The zero-order valence-corrected chi connectivity index (χ0v) is 14.2. The van der Waals surface area contributed by atoms with Gasteiger partial charge in [-0.1, -0.05) is 44.2 Å². The number of ether oxygens (including phenoxy) is 1. The third-order valence-corrected chi connectivity index (χ3v) is 5.85. The van der Waals surface area contributed by atoms with Crippen LogP contribution >= 0.6 is 0 Å². The molecule has 0 radical (unpaired) electrons. The fourth-order valence-electron chi connectivity index (χ4n) is 4.95. The van der Waals surface area contributed by atoms with Crippen molar-refractivity contribution in [3.63, 3.8) is 0 Å². The second-order valence-electron chi connectivity index (χ2n) is 7.60. The van der Waals surface area contributed by atoms with Crippen LogP contribution < -0.4 is 0 Å². The van der Waals surface area contributed by atoms with Crippen molar-refractivity contribution >= 4 is 5.97 Å². The maximum absolute atomic E-state index is 12.5. The van der Waals surface area contributed by atoms with Crippen LogP contribution in [0.25, 0.3) is 0 Å². The average molecular weight is 316 g/mol. The smallest absolute Gasteiger partial charge is 0.316 e. The molecule has 126 valence electrons. The number of benzene rings is 1. The zero-order valence-electron chi connectivity index (χ0n) is 14.2. The predicted molar refractivity (Wildman–Crippen MR) is 89.9 cm³/mol. The molecule has 3 nitrogen and oxygen atoms in total. The number of aliphatic hydroxyl groups excluding tert-OH is 1. The molecule has 2 aliphatic carbocycles. The van der Waals surface area contributed by atoms with Gasteiger partial charge in [0.05, 0.1) is 6.61 Å². The highest BCUT2D eigenvalue weighted by Crippen LogP contribution is 2.50. The molecule has 0 saturated heterocycles. The summed E-state index contributed by atoms with van der Waals surface area (Å²) in [6.07, 6.45) is 4.59. The Morgan fingerprint density at radius 2 is 1.78 bits per heavy atom. The van der Waals surface area contributed by atoms with Crippen LogP contribution in [0.3, 0.4) is 0 Å². The van der Waals surface area contributed by atoms with Crippen LogP contribution in [0.2, 0.25) is 0 Å². The molecule has 3 heteroatoms. The molecule has 0 amide bonds. The van der Waals surface area contributed by atoms with Crippen LogP contribution in [0.5, 0.6) is 0 Å². The third-order valence-electron chi connectivity index (χ3n) is 5.85. The van der Waals surface area contributed by atoms with E-state index in [2.05, 4.69) is 13.8 Å². The number of hydrogen-bond acceptors (Lipinski definition) is 3. The van der Waals surface area contributed by atoms with Crippen molar-refractivity contribution < 1.29 is 14.6 Å². The Morgan fingerprint density at radius 3 is 2.30 bits per heavy atom. The molecule has 0 aliphatic heterocycles. The summed E-state index contributed by atoms with van der Waals surface area (Å²) in [4.78, 5) is 12.5. The molecule has 0 heterocycles. The van der Waals surface area contributed by atoms with Gasteiger partial charge in [0, 0.05) is 0 Å². The third kappa shape index (κ3) is 3.45. The van der Waals surface area contributed by atoms with Crippen molar-refractivity contribution in [2.75, 3.05) is 6.61 Å². The predicted octanol–water partition coefficient (Wildman–Crippen LogP) is 3.77. The first-order chi connectivity index (χ1) is 11.1. The summed E-state index contributed by atoms with van der Waals surface area (Å²) in [6, 6.07) is 9.44. The number of carbonyl (C=O) groups is 1. The summed E-state index contributed by atoms with van der Waals surface area (Å²) < 4.78 is 5.81. The average Bonchev–Trinajstić information content (AvgIpc) is 2.81. The molecule has 1 N–H and O–H groups in total. The number of aliphatic hydroxyl groups is 1. The van der Waals surface area contributed by atoms with Gasteiger partial charge in [0.15, 0.2) is 0 Å². The Labute approximate surface area is 139 Å². The highest BCUT2D eigenvalue weighted by Gasteiger charge is 2.45. The van der Waals surface area contributed by atoms with Gasteiger partial charge in [-0.2, -0.15) is 0 Å². The van der Waals surface area contributed by atoms with Crippen molar-refractivity contribution in [3.8, 4) is 0 Å². The van der Waals surface area contributed by atoms with E-state index in [4.69, 9.17) is 4.74 Å². The maximum Gasteiger partial charge on any atom is 0.316 e. The van der Waals surface area contributed by atoms with Crippen LogP contribution in [0.4, 0.5) is 0 Å². The molecule has 3 atom stereocenters. The van der Waals surface area contributed by atoms with Crippen LogP contribution in [0.1, 0.15) is 51.0 Å². The lowest BCUT2D eigenvalue weighted by molar-refractivity contribution is -0.155. The Hall–Kier alpha value is -1.35. The van der Waals surface area contributed by atoms with Gasteiger partial charge in [0.2, 0.25) is 0 Å². The lowest BCUT2D eigenvalue weighted by Crippen LogP contribution is -2.36. The zero-order chi connectivity index (χ0) is 16.4. The van der Waals surface area contributed by atoms with Gasteiger partial charge in [0.1, 0.15) is 12.0 Å². The summed E-state index contributed by atoms with van der Waals surface area (Å²) in [5, 5.41) is 9.61. The van der Waals surface area contributed by atoms with Crippen LogP contribution in [0, 0.1) is 23.7 Å². The highest BCUT2D eigenvalue weighted by molar-refractivity contribution is 5.78. The van der Waals surface area contributed by atoms with Gasteiger partial charge in [-0.25, -0.2) is 0 Å². The molecule has 1 aromatic carbocycles. The molecule has 0 spiro atoms. The Kier molecular flexibility index (Phi) is 5.05. The van der Waals surface area contributed by atoms with Crippen LogP contribution in [0.15, 0.2) is 30.3 Å². The van der Waals surface area contributed by atoms with Crippen molar-refractivity contribution in [3.05, 3.63) is 35.9 Å². The molecular formula is C20H28O3. The van der Waals surface area contributed by atoms with Gasteiger partial charge < -0.3 is 9.84 Å². The summed E-state index contributed by atoms with van der Waals surface area (Å²) in [5.41, 5.74) is 0.832. The summed E-state index contributed by atoms with van der Waals surface area (Å²) in [5.74, 6) is 2.10. The molecule has 0 aromatic heterocycles. The number of fused-ring (bicyclic) bond motifs is 2. The van der Waals surface area contributed by atoms with E-state index in [9.17, 15) is 9.90 Å². The lowest BCUT2D eigenvalue weighted by Gasteiger charge is -2.37. The minimum absolute atomic E-state index is 0.0350. The summed E-state index contributed by atoms with van der Waals surface area (Å²) >= 11 is 0. The minimum Gasteiger partial charge on any atom is -0.462 e. The monoisotopic (exact) mass is 316 g/mol. The highest BCUT2D eigenvalue weighted by atomic mass is 16.5. The van der Waals surface area contributed by atoms with E-state index in [1.807, 2.05) is 30.3 Å². The van der Waals surface area contributed by atoms with Crippen LogP contribution in [-0.4, -0.2) is 23.8 Å². The topological polar surface area (TPSA) is 46.5 Å². The molecular weight excluding hydrogens is 288 g/mol. The molecule has 2 saturated carbocycles. The molecule has 1 aromatic rings. The second kappa shape index (κ2) is 7.04. The van der Waals surface area contributed by atoms with Gasteiger partial charge in [0.25, 0.3) is 0 Å². The van der Waals surface area contributed by atoms with Crippen molar-refractivity contribution in [1.82, 2.24) is 0 Å². The Balaban J connectivity index is 1.63. The molecule has 23 heavy (non-hydrogen) atoms. The fourth-order valence-corrected chi connectivity index (χ4v) is 4.95. The standard InChI is InChI=1S/C20H28O3/c1-13(2)19-15-8-9-16(19)11-17(10-15)23-20(22)18(12-21)14-6-4-3-5-7-14/h3-7,13,15-19,21H,8-12H2,1-2H3/t15-,16-,17?,18+,19?/m1/s1. The van der Waals surface area contributed by atoms with Gasteiger partial charge in [-0.05, 0) is 54.9 Å². The fraction of sp³-hybridized carbons (Fsp3) is 0.650. The Morgan fingerprint density at radius 1 is 1.17 bits per heavy atom. The molecule has 2 bridgehead atoms. The van der Waals surface area contributed by atoms with E-state index in [0.717, 1.165) is 30.2 Å².